The van der Waals surface area contributed by atoms with Gasteiger partial charge in [-0.1, -0.05) is 71.9 Å². The van der Waals surface area contributed by atoms with Crippen LogP contribution in [0.15, 0.2) is 65.2 Å². The number of nitrogens with zero attached hydrogens (tertiary/aromatic N) is 1. The van der Waals surface area contributed by atoms with Gasteiger partial charge in [-0.2, -0.15) is 5.26 Å². The van der Waals surface area contributed by atoms with Gasteiger partial charge in [-0.25, -0.2) is 0 Å². The number of ether oxygens (including phenoxy) is 1. The maximum atomic E-state index is 12.8. The van der Waals surface area contributed by atoms with E-state index in [-0.39, 0.29) is 22.1 Å². The molecule has 2 aromatic carbocycles. The fourth-order valence-electron chi connectivity index (χ4n) is 3.30. The minimum Gasteiger partial charge on any atom is -0.468 e. The van der Waals surface area contributed by atoms with Gasteiger partial charge < -0.3 is 10.1 Å². The van der Waals surface area contributed by atoms with E-state index >= 15 is 0 Å². The lowest BCUT2D eigenvalue weighted by Gasteiger charge is -2.31. The number of nitrogens with one attached hydrogen (secondary N) is 1. The Labute approximate surface area is 178 Å². The summed E-state index contributed by atoms with van der Waals surface area (Å²) < 4.78 is 4.83. The fraction of sp³-hybridized carbons (Fsp3) is 0.217. The van der Waals surface area contributed by atoms with Crippen molar-refractivity contribution in [3.05, 3.63) is 81.9 Å². The topological polar surface area (TPSA) is 96.3 Å². The van der Waals surface area contributed by atoms with Crippen LogP contribution in [0, 0.1) is 24.2 Å². The maximum absolute atomic E-state index is 12.8. The highest BCUT2D eigenvalue weighted by Gasteiger charge is 2.44. The van der Waals surface area contributed by atoms with Crippen LogP contribution < -0.4 is 5.32 Å². The van der Waals surface area contributed by atoms with Gasteiger partial charge in [-0.15, -0.1) is 0 Å². The molecule has 0 unspecified atom stereocenters. The van der Waals surface area contributed by atoms with Crippen LogP contribution in [-0.2, 0) is 14.3 Å². The summed E-state index contributed by atoms with van der Waals surface area (Å²) >= 11 is 1.08. The Balaban J connectivity index is 1.97. The highest BCUT2D eigenvalue weighted by molar-refractivity contribution is 8.03. The minimum atomic E-state index is -1.18. The van der Waals surface area contributed by atoms with E-state index in [0.29, 0.717) is 11.1 Å². The second kappa shape index (κ2) is 9.42. The van der Waals surface area contributed by atoms with Gasteiger partial charge in [0.1, 0.15) is 5.92 Å². The monoisotopic (exact) mass is 420 g/mol. The average Bonchev–Trinajstić information content (AvgIpc) is 2.77. The quantitative estimate of drug-likeness (QED) is 0.437. The number of hydrogen-bond donors (Lipinski definition) is 1. The first kappa shape index (κ1) is 21.3. The van der Waals surface area contributed by atoms with Crippen LogP contribution in [0.4, 0.5) is 0 Å². The summed E-state index contributed by atoms with van der Waals surface area (Å²) in [6.07, 6.45) is 0. The number of benzene rings is 2. The first-order chi connectivity index (χ1) is 14.5. The highest BCUT2D eigenvalue weighted by atomic mass is 32.2. The number of amides is 1. The average molecular weight is 420 g/mol. The Kier molecular flexibility index (Phi) is 6.70. The van der Waals surface area contributed by atoms with Crippen molar-refractivity contribution in [2.24, 2.45) is 5.92 Å². The van der Waals surface area contributed by atoms with Gasteiger partial charge in [0, 0.05) is 11.5 Å². The van der Waals surface area contributed by atoms with E-state index in [1.54, 1.807) is 36.4 Å². The third-order valence-corrected chi connectivity index (χ3v) is 5.88. The van der Waals surface area contributed by atoms with Crippen LogP contribution in [0.2, 0.25) is 0 Å². The summed E-state index contributed by atoms with van der Waals surface area (Å²) in [6.45, 7) is 1.92. The Morgan fingerprint density at radius 2 is 1.80 bits per heavy atom. The Hall–Kier alpha value is -3.37. The SMILES string of the molecule is COC(=O)[C@@H]1C(=O)NC(SCC(=O)c2ccccc2)=C(C#N)[C@H]1c1ccc(C)cc1. The fourth-order valence-corrected chi connectivity index (χ4v) is 4.24. The first-order valence-corrected chi connectivity index (χ1v) is 10.3. The summed E-state index contributed by atoms with van der Waals surface area (Å²) in [5.41, 5.74) is 2.46. The van der Waals surface area contributed by atoms with Gasteiger partial charge >= 0.3 is 5.97 Å². The number of carbonyl (C=O) groups excluding carboxylic acids is 3. The number of methoxy groups -OCH3 is 1. The van der Waals surface area contributed by atoms with E-state index in [4.69, 9.17) is 4.74 Å². The van der Waals surface area contributed by atoms with Crippen LogP contribution in [0.1, 0.15) is 27.4 Å². The molecular weight excluding hydrogens is 400 g/mol. The molecule has 0 aromatic heterocycles. The normalized spacial score (nSPS) is 18.4. The number of carbonyl (C=O) groups is 3. The predicted octanol–water partition coefficient (Wildman–Crippen LogP) is 3.35. The summed E-state index contributed by atoms with van der Waals surface area (Å²) in [5.74, 6) is -3.31. The molecule has 1 N–H and O–H groups in total. The molecule has 2 aromatic rings. The summed E-state index contributed by atoms with van der Waals surface area (Å²) in [4.78, 5) is 37.6. The molecule has 7 heteroatoms. The molecule has 1 heterocycles. The number of ketones is 1. The molecule has 1 aliphatic rings. The molecule has 152 valence electrons. The number of aryl methyl sites for hydroxylation is 1. The van der Waals surface area contributed by atoms with E-state index < -0.39 is 23.7 Å². The van der Waals surface area contributed by atoms with Gasteiger partial charge in [0.15, 0.2) is 5.78 Å². The molecule has 3 rings (SSSR count). The second-order valence-corrected chi connectivity index (χ2v) is 7.80. The lowest BCUT2D eigenvalue weighted by Crippen LogP contribution is -2.44. The van der Waals surface area contributed by atoms with Crippen LogP contribution >= 0.6 is 11.8 Å². The van der Waals surface area contributed by atoms with E-state index in [1.165, 1.54) is 7.11 Å². The molecule has 1 aliphatic heterocycles. The van der Waals surface area contributed by atoms with Crippen molar-refractivity contribution < 1.29 is 19.1 Å². The smallest absolute Gasteiger partial charge is 0.319 e. The molecule has 0 bridgehead atoms. The largest absolute Gasteiger partial charge is 0.468 e. The van der Waals surface area contributed by atoms with Gasteiger partial charge in [-0.05, 0) is 12.5 Å². The number of esters is 1. The van der Waals surface area contributed by atoms with Gasteiger partial charge in [0.05, 0.1) is 29.5 Å². The van der Waals surface area contributed by atoms with Crippen molar-refractivity contribution in [1.82, 2.24) is 5.32 Å². The molecule has 0 aliphatic carbocycles. The van der Waals surface area contributed by atoms with Crippen LogP contribution in [-0.4, -0.2) is 30.5 Å². The Morgan fingerprint density at radius 1 is 1.13 bits per heavy atom. The van der Waals surface area contributed by atoms with Crippen molar-refractivity contribution in [2.75, 3.05) is 12.9 Å². The Morgan fingerprint density at radius 3 is 2.40 bits per heavy atom. The molecular formula is C23H20N2O4S. The molecule has 2 atom stereocenters. The molecule has 30 heavy (non-hydrogen) atoms. The van der Waals surface area contributed by atoms with Gasteiger partial charge in [-0.3, -0.25) is 14.4 Å². The standard InChI is InChI=1S/C23H20N2O4S/c1-14-8-10-16(11-9-14)19-17(12-24)22(25-21(27)20(19)23(28)29-2)30-13-18(26)15-6-4-3-5-7-15/h3-11,19-20H,13H2,1-2H3,(H,25,27)/t19-,20+/m1/s1. The van der Waals surface area contributed by atoms with Crippen LogP contribution in [0.25, 0.3) is 0 Å². The van der Waals surface area contributed by atoms with E-state index in [9.17, 15) is 19.6 Å². The van der Waals surface area contributed by atoms with Crippen molar-refractivity contribution in [3.8, 4) is 6.07 Å². The lowest BCUT2D eigenvalue weighted by atomic mass is 9.78. The predicted molar refractivity (Wildman–Crippen MR) is 113 cm³/mol. The number of hydrogen-bond acceptors (Lipinski definition) is 6. The molecule has 0 radical (unpaired) electrons. The molecule has 0 fully saturated rings. The van der Waals surface area contributed by atoms with E-state index in [1.807, 2.05) is 25.1 Å². The molecule has 0 saturated carbocycles. The first-order valence-electron chi connectivity index (χ1n) is 9.26. The third kappa shape index (κ3) is 4.44. The second-order valence-electron chi connectivity index (χ2n) is 6.81. The molecule has 0 saturated heterocycles. The van der Waals surface area contributed by atoms with Crippen molar-refractivity contribution in [2.45, 2.75) is 12.8 Å². The zero-order valence-corrected chi connectivity index (χ0v) is 17.4. The number of thioether (sulfide) groups is 1. The number of nitriles is 1. The molecule has 6 nitrogen and oxygen atoms in total. The zero-order chi connectivity index (χ0) is 21.7. The molecule has 1 amide bonds. The van der Waals surface area contributed by atoms with E-state index in [2.05, 4.69) is 11.4 Å². The van der Waals surface area contributed by atoms with E-state index in [0.717, 1.165) is 17.3 Å². The van der Waals surface area contributed by atoms with Gasteiger partial charge in [0.2, 0.25) is 5.91 Å². The number of Topliss-reactive ketones (excluding diaryl/α,β-unsaturated/α-hetero) is 1. The number of allylic oxidation sites excluding steroid dienone is 1. The van der Waals surface area contributed by atoms with Gasteiger partial charge in [0.25, 0.3) is 0 Å². The zero-order valence-electron chi connectivity index (χ0n) is 16.5. The minimum absolute atomic E-state index is 0.0499. The maximum Gasteiger partial charge on any atom is 0.319 e. The number of rotatable bonds is 6. The van der Waals surface area contributed by atoms with Crippen molar-refractivity contribution in [3.63, 3.8) is 0 Å². The molecule has 0 spiro atoms. The third-order valence-electron chi connectivity index (χ3n) is 4.86. The highest BCUT2D eigenvalue weighted by Crippen LogP contribution is 2.40. The van der Waals surface area contributed by atoms with Crippen molar-refractivity contribution >= 4 is 29.4 Å². The Bertz CT molecular complexity index is 1040. The van der Waals surface area contributed by atoms with Crippen LogP contribution in [0.3, 0.4) is 0 Å². The van der Waals surface area contributed by atoms with Crippen LogP contribution in [0.5, 0.6) is 0 Å². The van der Waals surface area contributed by atoms with Crippen molar-refractivity contribution in [1.29, 1.82) is 5.26 Å². The summed E-state index contributed by atoms with van der Waals surface area (Å²) in [6, 6.07) is 18.2. The lowest BCUT2D eigenvalue weighted by molar-refractivity contribution is -0.150. The summed E-state index contributed by atoms with van der Waals surface area (Å²) in [5, 5.41) is 12.8. The summed E-state index contributed by atoms with van der Waals surface area (Å²) in [7, 11) is 1.21.